The Labute approximate surface area is 191 Å². The van der Waals surface area contributed by atoms with Crippen LogP contribution in [0.2, 0.25) is 0 Å². The van der Waals surface area contributed by atoms with Crippen LogP contribution in [0.5, 0.6) is 5.75 Å². The number of ether oxygens (including phenoxy) is 1. The predicted molar refractivity (Wildman–Crippen MR) is 126 cm³/mol. The summed E-state index contributed by atoms with van der Waals surface area (Å²) in [6.45, 7) is 0.115. The second-order valence-electron chi connectivity index (χ2n) is 7.59. The minimum Gasteiger partial charge on any atom is -0.497 e. The number of benzene rings is 3. The third-order valence-electron chi connectivity index (χ3n) is 5.54. The largest absolute Gasteiger partial charge is 0.497 e. The van der Waals surface area contributed by atoms with E-state index >= 15 is 0 Å². The minimum atomic E-state index is -0.561. The van der Waals surface area contributed by atoms with Crippen molar-refractivity contribution in [1.29, 1.82) is 0 Å². The molecule has 168 valence electrons. The lowest BCUT2D eigenvalue weighted by molar-refractivity contribution is -0.384. The molecule has 0 aliphatic heterocycles. The van der Waals surface area contributed by atoms with Crippen molar-refractivity contribution < 1.29 is 14.1 Å². The predicted octanol–water partition coefficient (Wildman–Crippen LogP) is 4.14. The molecule has 0 atom stereocenters. The maximum absolute atomic E-state index is 13.6. The average Bonchev–Trinajstić information content (AvgIpc) is 2.86. The summed E-state index contributed by atoms with van der Waals surface area (Å²) in [6, 6.07) is 19.5. The van der Waals surface area contributed by atoms with Crippen molar-refractivity contribution in [2.75, 3.05) is 7.11 Å². The number of nitrogens with zero attached hydrogens (tertiary/aromatic N) is 3. The van der Waals surface area contributed by atoms with Gasteiger partial charge in [-0.1, -0.05) is 24.3 Å². The van der Waals surface area contributed by atoms with Crippen LogP contribution in [-0.4, -0.2) is 21.6 Å². The quantitative estimate of drug-likeness (QED) is 0.222. The fourth-order valence-corrected chi connectivity index (χ4v) is 3.80. The summed E-state index contributed by atoms with van der Waals surface area (Å²) in [6.07, 6.45) is 0. The van der Waals surface area contributed by atoms with Crippen molar-refractivity contribution in [1.82, 2.24) is 9.55 Å². The fourth-order valence-electron chi connectivity index (χ4n) is 3.80. The molecule has 0 radical (unpaired) electrons. The number of hydrogen-bond acceptors (Lipinski definition) is 7. The first-order chi connectivity index (χ1) is 16.5. The van der Waals surface area contributed by atoms with Crippen LogP contribution in [0.1, 0.15) is 5.56 Å². The molecule has 0 aliphatic carbocycles. The molecule has 34 heavy (non-hydrogen) atoms. The van der Waals surface area contributed by atoms with Crippen LogP contribution in [0.25, 0.3) is 33.5 Å². The molecular weight excluding hydrogens is 438 g/mol. The third kappa shape index (κ3) is 3.58. The van der Waals surface area contributed by atoms with Crippen molar-refractivity contribution in [3.8, 4) is 17.1 Å². The van der Waals surface area contributed by atoms with E-state index in [4.69, 9.17) is 9.15 Å². The highest BCUT2D eigenvalue weighted by Crippen LogP contribution is 2.24. The monoisotopic (exact) mass is 455 g/mol. The highest BCUT2D eigenvalue weighted by molar-refractivity contribution is 5.88. The van der Waals surface area contributed by atoms with E-state index in [1.165, 1.54) is 28.8 Å². The van der Waals surface area contributed by atoms with E-state index in [-0.39, 0.29) is 34.5 Å². The van der Waals surface area contributed by atoms with Gasteiger partial charge in [-0.2, -0.15) is 4.98 Å². The Morgan fingerprint density at radius 3 is 2.38 bits per heavy atom. The van der Waals surface area contributed by atoms with E-state index in [1.807, 2.05) is 0 Å². The minimum absolute atomic E-state index is 0.0898. The lowest BCUT2D eigenvalue weighted by atomic mass is 10.1. The molecule has 3 aromatic carbocycles. The Bertz CT molecular complexity index is 1670. The molecule has 9 nitrogen and oxygen atoms in total. The van der Waals surface area contributed by atoms with Gasteiger partial charge in [0.05, 0.1) is 24.0 Å². The smallest absolute Gasteiger partial charge is 0.269 e. The van der Waals surface area contributed by atoms with E-state index in [9.17, 15) is 19.7 Å². The summed E-state index contributed by atoms with van der Waals surface area (Å²) < 4.78 is 12.4. The number of nitro groups is 1. The molecule has 0 saturated heterocycles. The van der Waals surface area contributed by atoms with E-state index in [1.54, 1.807) is 55.6 Å². The fraction of sp³-hybridized carbons (Fsp3) is 0.0800. The van der Waals surface area contributed by atoms with Crippen molar-refractivity contribution in [3.05, 3.63) is 109 Å². The van der Waals surface area contributed by atoms with Gasteiger partial charge in [0.25, 0.3) is 11.2 Å². The van der Waals surface area contributed by atoms with Gasteiger partial charge in [0.1, 0.15) is 17.2 Å². The van der Waals surface area contributed by atoms with Gasteiger partial charge < -0.3 is 9.15 Å². The van der Waals surface area contributed by atoms with Crippen LogP contribution in [0.3, 0.4) is 0 Å². The summed E-state index contributed by atoms with van der Waals surface area (Å²) in [5, 5.41) is 11.2. The zero-order valence-electron chi connectivity index (χ0n) is 17.9. The van der Waals surface area contributed by atoms with Crippen LogP contribution < -0.4 is 15.7 Å². The first-order valence-electron chi connectivity index (χ1n) is 10.3. The van der Waals surface area contributed by atoms with Crippen LogP contribution in [0, 0.1) is 10.1 Å². The molecule has 0 aliphatic rings. The average molecular weight is 455 g/mol. The molecule has 2 aromatic heterocycles. The van der Waals surface area contributed by atoms with Gasteiger partial charge in [0.15, 0.2) is 5.39 Å². The van der Waals surface area contributed by atoms with E-state index in [0.717, 1.165) is 5.56 Å². The molecule has 0 saturated carbocycles. The number of non-ortho nitro benzene ring substituents is 1. The van der Waals surface area contributed by atoms with Gasteiger partial charge in [-0.05, 0) is 42.0 Å². The van der Waals surface area contributed by atoms with Gasteiger partial charge in [-0.25, -0.2) is 0 Å². The summed E-state index contributed by atoms with van der Waals surface area (Å²) in [4.78, 5) is 41.9. The summed E-state index contributed by atoms with van der Waals surface area (Å²) in [7, 11) is 1.56. The van der Waals surface area contributed by atoms with E-state index in [0.29, 0.717) is 16.9 Å². The standard InChI is InChI=1S/C25H17N3O6/c1-33-18-12-6-15(7-13-18)14-27-23(16-8-10-17(11-9-16)28(31)32)26-24-21(25(27)30)22(29)19-4-2-3-5-20(19)34-24/h2-13H,14H2,1H3. The van der Waals surface area contributed by atoms with Crippen molar-refractivity contribution >= 4 is 27.8 Å². The first-order valence-corrected chi connectivity index (χ1v) is 10.3. The number of hydrogen-bond donors (Lipinski definition) is 0. The van der Waals surface area contributed by atoms with Crippen molar-refractivity contribution in [2.24, 2.45) is 0 Å². The van der Waals surface area contributed by atoms with Gasteiger partial charge in [0, 0.05) is 17.7 Å². The number of para-hydroxylation sites is 1. The molecule has 0 amide bonds. The normalized spacial score (nSPS) is 11.1. The van der Waals surface area contributed by atoms with Crippen molar-refractivity contribution in [3.63, 3.8) is 0 Å². The zero-order valence-corrected chi connectivity index (χ0v) is 17.9. The highest BCUT2D eigenvalue weighted by Gasteiger charge is 2.19. The lowest BCUT2D eigenvalue weighted by Crippen LogP contribution is -2.28. The van der Waals surface area contributed by atoms with Gasteiger partial charge in [-0.15, -0.1) is 0 Å². The molecule has 0 spiro atoms. The van der Waals surface area contributed by atoms with Gasteiger partial charge in [-0.3, -0.25) is 24.3 Å². The first kappa shape index (κ1) is 21.1. The maximum Gasteiger partial charge on any atom is 0.269 e. The summed E-state index contributed by atoms with van der Waals surface area (Å²) in [5.41, 5.74) is 0.349. The van der Waals surface area contributed by atoms with Crippen LogP contribution in [0.15, 0.2) is 86.8 Å². The molecule has 0 N–H and O–H groups in total. The number of rotatable bonds is 5. The SMILES string of the molecule is COc1ccc(Cn2c(-c3ccc([N+](=O)[O-])cc3)nc3oc4ccccc4c(=O)c3c2=O)cc1. The second-order valence-corrected chi connectivity index (χ2v) is 7.59. The molecule has 5 aromatic rings. The van der Waals surface area contributed by atoms with E-state index < -0.39 is 15.9 Å². The van der Waals surface area contributed by atoms with Gasteiger partial charge in [0.2, 0.25) is 11.1 Å². The third-order valence-corrected chi connectivity index (χ3v) is 5.54. The molecule has 0 fully saturated rings. The second kappa shape index (κ2) is 8.28. The Hall–Kier alpha value is -4.79. The van der Waals surface area contributed by atoms with Gasteiger partial charge >= 0.3 is 0 Å². The Morgan fingerprint density at radius 2 is 1.71 bits per heavy atom. The number of fused-ring (bicyclic) bond motifs is 2. The number of nitro benzene ring substituents is 1. The Kier molecular flexibility index (Phi) is 5.14. The van der Waals surface area contributed by atoms with Crippen LogP contribution in [-0.2, 0) is 6.54 Å². The molecule has 0 unspecified atom stereocenters. The lowest BCUT2D eigenvalue weighted by Gasteiger charge is -2.14. The Morgan fingerprint density at radius 1 is 1.00 bits per heavy atom. The number of aromatic nitrogens is 2. The summed E-state index contributed by atoms with van der Waals surface area (Å²) in [5.74, 6) is 0.886. The zero-order chi connectivity index (χ0) is 23.8. The van der Waals surface area contributed by atoms with E-state index in [2.05, 4.69) is 4.98 Å². The highest BCUT2D eigenvalue weighted by atomic mass is 16.6. The molecule has 2 heterocycles. The maximum atomic E-state index is 13.6. The topological polar surface area (TPSA) is 117 Å². The van der Waals surface area contributed by atoms with Crippen LogP contribution in [0.4, 0.5) is 5.69 Å². The Balaban J connectivity index is 1.78. The van der Waals surface area contributed by atoms with Crippen LogP contribution >= 0.6 is 0 Å². The molecule has 0 bridgehead atoms. The molecular formula is C25H17N3O6. The molecule has 5 rings (SSSR count). The molecule has 9 heteroatoms. The summed E-state index contributed by atoms with van der Waals surface area (Å²) >= 11 is 0. The number of methoxy groups -OCH3 is 1. The van der Waals surface area contributed by atoms with Crippen molar-refractivity contribution in [2.45, 2.75) is 6.54 Å².